The predicted octanol–water partition coefficient (Wildman–Crippen LogP) is 1.21. The number of aromatic nitrogens is 3. The molecule has 0 radical (unpaired) electrons. The number of aryl methyl sites for hydroxylation is 1. The molecule has 1 N–H and O–H groups in total. The van der Waals surface area contributed by atoms with Gasteiger partial charge in [0, 0.05) is 7.05 Å². The molecule has 1 fully saturated rings. The molecule has 0 saturated heterocycles. The van der Waals surface area contributed by atoms with Crippen LogP contribution in [0.25, 0.3) is 0 Å². The highest BCUT2D eigenvalue weighted by atomic mass is 16.3. The Morgan fingerprint density at radius 2 is 2.36 bits per heavy atom. The number of hydrogen-bond donors (Lipinski definition) is 1. The van der Waals surface area contributed by atoms with Gasteiger partial charge in [0.05, 0.1) is 6.20 Å². The van der Waals surface area contributed by atoms with Gasteiger partial charge in [-0.25, -0.2) is 0 Å². The van der Waals surface area contributed by atoms with Crippen molar-refractivity contribution >= 4 is 0 Å². The summed E-state index contributed by atoms with van der Waals surface area (Å²) < 4.78 is 1.63. The molecular weight excluding hydrogens is 178 g/mol. The van der Waals surface area contributed by atoms with Gasteiger partial charge in [-0.1, -0.05) is 24.5 Å². The van der Waals surface area contributed by atoms with E-state index in [4.69, 9.17) is 0 Å². The Hall–Kier alpha value is -0.900. The molecule has 1 atom stereocenters. The van der Waals surface area contributed by atoms with Gasteiger partial charge in [-0.3, -0.25) is 4.68 Å². The van der Waals surface area contributed by atoms with E-state index in [1.54, 1.807) is 10.9 Å². The number of rotatable bonds is 3. The van der Waals surface area contributed by atoms with E-state index in [1.807, 2.05) is 14.0 Å². The van der Waals surface area contributed by atoms with Gasteiger partial charge in [0.2, 0.25) is 0 Å². The molecule has 14 heavy (non-hydrogen) atoms. The Labute approximate surface area is 83.9 Å². The van der Waals surface area contributed by atoms with Crippen molar-refractivity contribution in [3.05, 3.63) is 11.9 Å². The summed E-state index contributed by atoms with van der Waals surface area (Å²) in [6, 6.07) is 0. The van der Waals surface area contributed by atoms with Gasteiger partial charge in [0.15, 0.2) is 0 Å². The average molecular weight is 195 g/mol. The van der Waals surface area contributed by atoms with Crippen LogP contribution in [0.2, 0.25) is 0 Å². The van der Waals surface area contributed by atoms with E-state index in [9.17, 15) is 5.11 Å². The zero-order chi connectivity index (χ0) is 10.2. The van der Waals surface area contributed by atoms with Crippen molar-refractivity contribution in [3.63, 3.8) is 0 Å². The first-order valence-corrected chi connectivity index (χ1v) is 5.17. The van der Waals surface area contributed by atoms with Crippen molar-refractivity contribution in [1.29, 1.82) is 0 Å². The lowest BCUT2D eigenvalue weighted by atomic mass is 9.77. The van der Waals surface area contributed by atoms with Crippen LogP contribution in [0.1, 0.15) is 38.3 Å². The smallest absolute Gasteiger partial charge is 0.114 e. The number of nitrogens with zero attached hydrogens (tertiary/aromatic N) is 3. The van der Waals surface area contributed by atoms with E-state index in [0.29, 0.717) is 11.6 Å². The molecule has 1 aliphatic carbocycles. The first-order chi connectivity index (χ1) is 6.58. The molecule has 0 aromatic carbocycles. The molecule has 4 heteroatoms. The van der Waals surface area contributed by atoms with Crippen LogP contribution < -0.4 is 0 Å². The summed E-state index contributed by atoms with van der Waals surface area (Å²) in [5, 5.41) is 18.0. The van der Waals surface area contributed by atoms with E-state index in [-0.39, 0.29) is 0 Å². The minimum absolute atomic E-state index is 0.673. The highest BCUT2D eigenvalue weighted by Crippen LogP contribution is 2.37. The molecule has 78 valence electrons. The lowest BCUT2D eigenvalue weighted by Gasteiger charge is -2.32. The van der Waals surface area contributed by atoms with E-state index >= 15 is 0 Å². The van der Waals surface area contributed by atoms with Crippen LogP contribution in [0, 0.1) is 5.92 Å². The van der Waals surface area contributed by atoms with E-state index in [1.165, 1.54) is 19.3 Å². The summed E-state index contributed by atoms with van der Waals surface area (Å²) in [5.41, 5.74) is -0.119. The molecule has 1 unspecified atom stereocenters. The monoisotopic (exact) mass is 195 g/mol. The summed E-state index contributed by atoms with van der Waals surface area (Å²) in [4.78, 5) is 0. The van der Waals surface area contributed by atoms with Gasteiger partial charge in [-0.15, -0.1) is 5.10 Å². The summed E-state index contributed by atoms with van der Waals surface area (Å²) in [6.45, 7) is 1.83. The van der Waals surface area contributed by atoms with Crippen LogP contribution in [-0.4, -0.2) is 20.1 Å². The summed E-state index contributed by atoms with van der Waals surface area (Å²) >= 11 is 0. The molecule has 1 heterocycles. The molecule has 2 rings (SSSR count). The van der Waals surface area contributed by atoms with Gasteiger partial charge in [0.25, 0.3) is 0 Å². The molecule has 1 aliphatic rings. The van der Waals surface area contributed by atoms with Crippen molar-refractivity contribution in [1.82, 2.24) is 15.0 Å². The van der Waals surface area contributed by atoms with Crippen molar-refractivity contribution in [2.24, 2.45) is 13.0 Å². The van der Waals surface area contributed by atoms with Crippen LogP contribution in [0.4, 0.5) is 0 Å². The zero-order valence-electron chi connectivity index (χ0n) is 8.77. The average Bonchev–Trinajstić information content (AvgIpc) is 2.45. The fraction of sp³-hybridized carbons (Fsp3) is 0.800. The third-order valence-electron chi connectivity index (χ3n) is 3.07. The quantitative estimate of drug-likeness (QED) is 0.788. The Kier molecular flexibility index (Phi) is 2.31. The third kappa shape index (κ3) is 1.80. The number of hydrogen-bond acceptors (Lipinski definition) is 3. The van der Waals surface area contributed by atoms with Crippen molar-refractivity contribution in [2.75, 3.05) is 0 Å². The summed E-state index contributed by atoms with van der Waals surface area (Å²) in [5.74, 6) is 0.673. The molecule has 0 spiro atoms. The minimum atomic E-state index is -0.806. The third-order valence-corrected chi connectivity index (χ3v) is 3.07. The van der Waals surface area contributed by atoms with Crippen LogP contribution in [-0.2, 0) is 12.6 Å². The molecule has 1 aromatic rings. The fourth-order valence-corrected chi connectivity index (χ4v) is 1.96. The molecule has 0 amide bonds. The maximum absolute atomic E-state index is 10.2. The summed E-state index contributed by atoms with van der Waals surface area (Å²) in [7, 11) is 1.82. The highest BCUT2D eigenvalue weighted by molar-refractivity contribution is 5.05. The Balaban J connectivity index is 2.06. The van der Waals surface area contributed by atoms with E-state index in [0.717, 1.165) is 6.42 Å². The second-order valence-corrected chi connectivity index (χ2v) is 4.55. The zero-order valence-corrected chi connectivity index (χ0v) is 8.77. The van der Waals surface area contributed by atoms with Gasteiger partial charge in [-0.05, 0) is 19.3 Å². The predicted molar refractivity (Wildman–Crippen MR) is 52.5 cm³/mol. The molecule has 1 saturated carbocycles. The van der Waals surface area contributed by atoms with Gasteiger partial charge in [0.1, 0.15) is 11.3 Å². The maximum atomic E-state index is 10.2. The first-order valence-electron chi connectivity index (χ1n) is 5.17. The van der Waals surface area contributed by atoms with Crippen molar-refractivity contribution < 1.29 is 5.11 Å². The van der Waals surface area contributed by atoms with E-state index in [2.05, 4.69) is 10.3 Å². The Morgan fingerprint density at radius 1 is 1.64 bits per heavy atom. The largest absolute Gasteiger partial charge is 0.384 e. The second-order valence-electron chi connectivity index (χ2n) is 4.55. The van der Waals surface area contributed by atoms with Gasteiger partial charge in [-0.2, -0.15) is 0 Å². The number of aliphatic hydroxyl groups is 1. The standard InChI is InChI=1S/C10H17N3O/c1-10(14,6-8-4-3-5-8)9-7-13(2)12-11-9/h7-8,14H,3-6H2,1-2H3. The maximum Gasteiger partial charge on any atom is 0.114 e. The highest BCUT2D eigenvalue weighted by Gasteiger charge is 2.32. The lowest BCUT2D eigenvalue weighted by Crippen LogP contribution is -2.28. The molecule has 0 bridgehead atoms. The first kappa shape index (κ1) is 9.65. The molecule has 0 aliphatic heterocycles. The topological polar surface area (TPSA) is 50.9 Å². The van der Waals surface area contributed by atoms with Crippen LogP contribution >= 0.6 is 0 Å². The van der Waals surface area contributed by atoms with Crippen LogP contribution in [0.3, 0.4) is 0 Å². The van der Waals surface area contributed by atoms with Gasteiger partial charge >= 0.3 is 0 Å². The molecular formula is C10H17N3O. The molecule has 1 aromatic heterocycles. The lowest BCUT2D eigenvalue weighted by molar-refractivity contribution is 0.0122. The van der Waals surface area contributed by atoms with Crippen LogP contribution in [0.15, 0.2) is 6.20 Å². The summed E-state index contributed by atoms with van der Waals surface area (Å²) in [6.07, 6.45) is 6.40. The Morgan fingerprint density at radius 3 is 2.79 bits per heavy atom. The Bertz CT molecular complexity index is 315. The van der Waals surface area contributed by atoms with E-state index < -0.39 is 5.60 Å². The SMILES string of the molecule is Cn1cc(C(C)(O)CC2CCC2)nn1. The molecule has 4 nitrogen and oxygen atoms in total. The van der Waals surface area contributed by atoms with Crippen molar-refractivity contribution in [2.45, 2.75) is 38.2 Å². The van der Waals surface area contributed by atoms with Crippen LogP contribution in [0.5, 0.6) is 0 Å². The van der Waals surface area contributed by atoms with Gasteiger partial charge < -0.3 is 5.11 Å². The normalized spacial score (nSPS) is 21.6. The second kappa shape index (κ2) is 3.35. The minimum Gasteiger partial charge on any atom is -0.384 e. The van der Waals surface area contributed by atoms with Crippen molar-refractivity contribution in [3.8, 4) is 0 Å². The fourth-order valence-electron chi connectivity index (χ4n) is 1.96.